The quantitative estimate of drug-likeness (QED) is 0.378. The van der Waals surface area contributed by atoms with E-state index in [0.717, 1.165) is 11.8 Å². The van der Waals surface area contributed by atoms with E-state index in [4.69, 9.17) is 11.6 Å². The number of pyridine rings is 1. The Morgan fingerprint density at radius 1 is 1.67 bits per heavy atom. The standard InChI is InChI=1S/C11H14ClN3O2S/c1-2-14(10(8-18)7-15(16)17)6-9-3-4-11(12)13-5-9/h3-5,7,18H,2,6,8H2,1H3/b10-7+. The zero-order chi connectivity index (χ0) is 13.5. The van der Waals surface area contributed by atoms with Crippen LogP contribution in [0.1, 0.15) is 12.5 Å². The molecule has 0 aromatic carbocycles. The number of hydrogen-bond acceptors (Lipinski definition) is 5. The van der Waals surface area contributed by atoms with Gasteiger partial charge in [-0.15, -0.1) is 0 Å². The summed E-state index contributed by atoms with van der Waals surface area (Å²) < 4.78 is 0. The molecular formula is C11H14ClN3O2S. The largest absolute Gasteiger partial charge is 0.365 e. The third-order valence-electron chi connectivity index (χ3n) is 2.37. The molecule has 18 heavy (non-hydrogen) atoms. The third kappa shape index (κ3) is 4.54. The van der Waals surface area contributed by atoms with Crippen LogP contribution in [0, 0.1) is 10.1 Å². The molecule has 0 aliphatic carbocycles. The van der Waals surface area contributed by atoms with E-state index in [9.17, 15) is 10.1 Å². The molecule has 1 rings (SSSR count). The lowest BCUT2D eigenvalue weighted by atomic mass is 10.2. The Morgan fingerprint density at radius 3 is 2.83 bits per heavy atom. The SMILES string of the molecule is CCN(Cc1ccc(Cl)nc1)/C(=C/[N+](=O)[O-])CS. The molecule has 7 heteroatoms. The van der Waals surface area contributed by atoms with Crippen molar-refractivity contribution < 1.29 is 4.92 Å². The molecule has 0 N–H and O–H groups in total. The van der Waals surface area contributed by atoms with Gasteiger partial charge in [0.25, 0.3) is 6.20 Å². The Balaban J connectivity index is 2.83. The number of thiol groups is 1. The summed E-state index contributed by atoms with van der Waals surface area (Å²) in [7, 11) is 0. The number of nitro groups is 1. The minimum absolute atomic E-state index is 0.315. The van der Waals surface area contributed by atoms with Gasteiger partial charge in [0.1, 0.15) is 5.15 Å². The Hall–Kier alpha value is -1.27. The van der Waals surface area contributed by atoms with Crippen LogP contribution in [-0.4, -0.2) is 27.1 Å². The number of hydrogen-bond donors (Lipinski definition) is 1. The van der Waals surface area contributed by atoms with Gasteiger partial charge in [-0.3, -0.25) is 10.1 Å². The molecule has 1 aromatic heterocycles. The first-order chi connectivity index (χ1) is 8.56. The molecular weight excluding hydrogens is 274 g/mol. The highest BCUT2D eigenvalue weighted by Crippen LogP contribution is 2.13. The van der Waals surface area contributed by atoms with Crippen LogP contribution in [0.2, 0.25) is 5.15 Å². The van der Waals surface area contributed by atoms with Crippen molar-refractivity contribution in [2.24, 2.45) is 0 Å². The zero-order valence-electron chi connectivity index (χ0n) is 9.91. The molecule has 0 aliphatic heterocycles. The maximum absolute atomic E-state index is 10.5. The third-order valence-corrected chi connectivity index (χ3v) is 2.91. The van der Waals surface area contributed by atoms with E-state index in [2.05, 4.69) is 17.6 Å². The maximum atomic E-state index is 10.5. The van der Waals surface area contributed by atoms with Gasteiger partial charge in [-0.05, 0) is 18.6 Å². The van der Waals surface area contributed by atoms with Crippen LogP contribution in [0.3, 0.4) is 0 Å². The highest BCUT2D eigenvalue weighted by atomic mass is 35.5. The number of nitrogens with zero attached hydrogens (tertiary/aromatic N) is 3. The van der Waals surface area contributed by atoms with Gasteiger partial charge < -0.3 is 4.90 Å². The van der Waals surface area contributed by atoms with Crippen molar-refractivity contribution >= 4 is 24.2 Å². The van der Waals surface area contributed by atoms with Crippen LogP contribution in [0.4, 0.5) is 0 Å². The van der Waals surface area contributed by atoms with E-state index in [1.165, 1.54) is 0 Å². The average Bonchev–Trinajstić information content (AvgIpc) is 2.35. The first-order valence-electron chi connectivity index (χ1n) is 5.37. The molecule has 0 bridgehead atoms. The summed E-state index contributed by atoms with van der Waals surface area (Å²) >= 11 is 9.82. The second-order valence-corrected chi connectivity index (χ2v) is 4.27. The molecule has 5 nitrogen and oxygen atoms in total. The molecule has 98 valence electrons. The molecule has 0 unspecified atom stereocenters. The molecule has 0 spiro atoms. The monoisotopic (exact) mass is 287 g/mol. The second kappa shape index (κ2) is 7.23. The number of halogens is 1. The first kappa shape index (κ1) is 14.8. The number of rotatable bonds is 6. The second-order valence-electron chi connectivity index (χ2n) is 3.57. The van der Waals surface area contributed by atoms with Crippen LogP contribution < -0.4 is 0 Å². The molecule has 1 aromatic rings. The van der Waals surface area contributed by atoms with Crippen molar-refractivity contribution in [3.63, 3.8) is 0 Å². The molecule has 0 saturated heterocycles. The van der Waals surface area contributed by atoms with Gasteiger partial charge in [0.15, 0.2) is 0 Å². The van der Waals surface area contributed by atoms with E-state index < -0.39 is 4.92 Å². The fourth-order valence-corrected chi connectivity index (χ4v) is 1.87. The van der Waals surface area contributed by atoms with E-state index in [-0.39, 0.29) is 0 Å². The summed E-state index contributed by atoms with van der Waals surface area (Å²) in [5, 5.41) is 11.0. The lowest BCUT2D eigenvalue weighted by Gasteiger charge is -2.23. The van der Waals surface area contributed by atoms with Gasteiger partial charge in [-0.2, -0.15) is 12.6 Å². The van der Waals surface area contributed by atoms with Gasteiger partial charge in [-0.1, -0.05) is 17.7 Å². The Kier molecular flexibility index (Phi) is 5.94. The summed E-state index contributed by atoms with van der Waals surface area (Å²) in [5.74, 6) is 0.315. The van der Waals surface area contributed by atoms with Crippen LogP contribution in [-0.2, 0) is 6.54 Å². The van der Waals surface area contributed by atoms with Crippen molar-refractivity contribution in [3.05, 3.63) is 51.1 Å². The fourth-order valence-electron chi connectivity index (χ4n) is 1.48. The normalized spacial score (nSPS) is 11.4. The predicted molar refractivity (Wildman–Crippen MR) is 74.3 cm³/mol. The van der Waals surface area contributed by atoms with Crippen molar-refractivity contribution in [3.8, 4) is 0 Å². The molecule has 0 atom stereocenters. The molecule has 0 aliphatic rings. The summed E-state index contributed by atoms with van der Waals surface area (Å²) in [6.07, 6.45) is 2.65. The lowest BCUT2D eigenvalue weighted by Crippen LogP contribution is -2.24. The van der Waals surface area contributed by atoms with Crippen molar-refractivity contribution in [1.29, 1.82) is 0 Å². The first-order valence-corrected chi connectivity index (χ1v) is 6.38. The van der Waals surface area contributed by atoms with E-state index in [1.54, 1.807) is 12.3 Å². The van der Waals surface area contributed by atoms with E-state index in [1.807, 2.05) is 17.9 Å². The van der Waals surface area contributed by atoms with Crippen LogP contribution in [0.15, 0.2) is 30.2 Å². The summed E-state index contributed by atoms with van der Waals surface area (Å²) in [6, 6.07) is 3.54. The van der Waals surface area contributed by atoms with Crippen molar-refractivity contribution in [2.45, 2.75) is 13.5 Å². The average molecular weight is 288 g/mol. The number of aromatic nitrogens is 1. The minimum Gasteiger partial charge on any atom is -0.365 e. The maximum Gasteiger partial charge on any atom is 0.254 e. The lowest BCUT2D eigenvalue weighted by molar-refractivity contribution is -0.404. The van der Waals surface area contributed by atoms with Crippen LogP contribution in [0.5, 0.6) is 0 Å². The molecule has 0 radical (unpaired) electrons. The highest BCUT2D eigenvalue weighted by Gasteiger charge is 2.11. The van der Waals surface area contributed by atoms with Crippen LogP contribution >= 0.6 is 24.2 Å². The van der Waals surface area contributed by atoms with Gasteiger partial charge in [0.05, 0.1) is 10.6 Å². The van der Waals surface area contributed by atoms with Crippen molar-refractivity contribution in [2.75, 3.05) is 12.3 Å². The van der Waals surface area contributed by atoms with E-state index >= 15 is 0 Å². The summed E-state index contributed by atoms with van der Waals surface area (Å²) in [6.45, 7) is 3.13. The van der Waals surface area contributed by atoms with Gasteiger partial charge in [0, 0.05) is 25.0 Å². The smallest absolute Gasteiger partial charge is 0.254 e. The van der Waals surface area contributed by atoms with Crippen LogP contribution in [0.25, 0.3) is 0 Å². The Morgan fingerprint density at radius 2 is 2.39 bits per heavy atom. The molecule has 0 amide bonds. The topological polar surface area (TPSA) is 59.3 Å². The van der Waals surface area contributed by atoms with Gasteiger partial charge >= 0.3 is 0 Å². The van der Waals surface area contributed by atoms with Gasteiger partial charge in [-0.25, -0.2) is 4.98 Å². The summed E-state index contributed by atoms with van der Waals surface area (Å²) in [4.78, 5) is 15.9. The zero-order valence-corrected chi connectivity index (χ0v) is 11.6. The highest BCUT2D eigenvalue weighted by molar-refractivity contribution is 7.80. The Bertz CT molecular complexity index is 436. The molecule has 0 fully saturated rings. The Labute approximate surface area is 116 Å². The fraction of sp³-hybridized carbons (Fsp3) is 0.364. The van der Waals surface area contributed by atoms with Crippen molar-refractivity contribution in [1.82, 2.24) is 9.88 Å². The minimum atomic E-state index is -0.464. The van der Waals surface area contributed by atoms with Gasteiger partial charge in [0.2, 0.25) is 0 Å². The van der Waals surface area contributed by atoms with E-state index in [0.29, 0.717) is 29.7 Å². The predicted octanol–water partition coefficient (Wildman–Crippen LogP) is 2.60. The molecule has 0 saturated carbocycles. The molecule has 1 heterocycles. The summed E-state index contributed by atoms with van der Waals surface area (Å²) in [5.41, 5.74) is 1.51.